The molecule has 3 aromatic heterocycles. The third-order valence-corrected chi connectivity index (χ3v) is 8.40. The van der Waals surface area contributed by atoms with Gasteiger partial charge >= 0.3 is 0 Å². The SMILES string of the molecule is Cc1cc(C(=O)N(C)C)cc(-c2nc3cc(Nc4cc(C)nc(N5C[C@@H]6C[C@H]5CN6CCO)n4)ncc3s2)c1. The molecule has 0 radical (unpaired) electrons. The number of aliphatic hydroxyl groups is 1. The maximum atomic E-state index is 12.5. The lowest BCUT2D eigenvalue weighted by molar-refractivity contribution is 0.0827. The second-order valence-corrected chi connectivity index (χ2v) is 11.6. The van der Waals surface area contributed by atoms with Gasteiger partial charge in [-0.15, -0.1) is 11.3 Å². The van der Waals surface area contributed by atoms with Crippen LogP contribution in [0.1, 0.15) is 28.0 Å². The second-order valence-electron chi connectivity index (χ2n) is 10.6. The molecule has 11 heteroatoms. The van der Waals surface area contributed by atoms with E-state index in [1.165, 1.54) is 0 Å². The van der Waals surface area contributed by atoms with E-state index in [1.54, 1.807) is 30.3 Å². The largest absolute Gasteiger partial charge is 0.395 e. The van der Waals surface area contributed by atoms with Crippen LogP contribution in [0.5, 0.6) is 0 Å². The van der Waals surface area contributed by atoms with E-state index in [0.29, 0.717) is 29.3 Å². The molecule has 2 N–H and O–H groups in total. The lowest BCUT2D eigenvalue weighted by atomic mass is 10.1. The van der Waals surface area contributed by atoms with Crippen LogP contribution in [0.25, 0.3) is 20.8 Å². The van der Waals surface area contributed by atoms with E-state index in [0.717, 1.165) is 64.0 Å². The number of aromatic nitrogens is 4. The van der Waals surface area contributed by atoms with Crippen LogP contribution in [0, 0.1) is 13.8 Å². The van der Waals surface area contributed by atoms with E-state index >= 15 is 0 Å². The molecule has 2 saturated heterocycles. The van der Waals surface area contributed by atoms with Crippen molar-refractivity contribution >= 4 is 45.0 Å². The highest BCUT2D eigenvalue weighted by Gasteiger charge is 2.44. The molecule has 2 fully saturated rings. The fraction of sp³-hybridized carbons (Fsp3) is 0.393. The van der Waals surface area contributed by atoms with Gasteiger partial charge in [0.15, 0.2) is 0 Å². The zero-order valence-corrected chi connectivity index (χ0v) is 23.4. The summed E-state index contributed by atoms with van der Waals surface area (Å²) in [7, 11) is 3.51. The van der Waals surface area contributed by atoms with E-state index in [1.807, 2.05) is 44.3 Å². The number of fused-ring (bicyclic) bond motifs is 3. The van der Waals surface area contributed by atoms with Gasteiger partial charge in [0.1, 0.15) is 16.6 Å². The van der Waals surface area contributed by atoms with Gasteiger partial charge in [0.2, 0.25) is 5.95 Å². The number of hydrogen-bond donors (Lipinski definition) is 2. The number of nitrogens with zero attached hydrogens (tertiary/aromatic N) is 7. The Bertz CT molecular complexity index is 1550. The van der Waals surface area contributed by atoms with Crippen LogP contribution in [0.15, 0.2) is 36.5 Å². The lowest BCUT2D eigenvalue weighted by Crippen LogP contribution is -2.47. The topological polar surface area (TPSA) is 111 Å². The number of benzene rings is 1. The van der Waals surface area contributed by atoms with E-state index in [-0.39, 0.29) is 12.5 Å². The first-order chi connectivity index (χ1) is 18.8. The number of rotatable bonds is 7. The third kappa shape index (κ3) is 5.05. The van der Waals surface area contributed by atoms with Crippen molar-refractivity contribution in [3.63, 3.8) is 0 Å². The van der Waals surface area contributed by atoms with Gasteiger partial charge in [-0.05, 0) is 44.0 Å². The van der Waals surface area contributed by atoms with Gasteiger partial charge in [0.25, 0.3) is 5.91 Å². The van der Waals surface area contributed by atoms with Crippen molar-refractivity contribution < 1.29 is 9.90 Å². The van der Waals surface area contributed by atoms with Gasteiger partial charge < -0.3 is 20.2 Å². The van der Waals surface area contributed by atoms with Crippen LogP contribution in [0.2, 0.25) is 0 Å². The second kappa shape index (κ2) is 10.1. The number of piperazine rings is 1. The number of carbonyl (C=O) groups is 1. The molecule has 2 aliphatic rings. The number of β-amino-alcohol motifs (C(OH)–C–C–N with tert-alkyl or cyclic N) is 1. The van der Waals surface area contributed by atoms with Gasteiger partial charge in [0, 0.05) is 81.0 Å². The first kappa shape index (κ1) is 25.6. The summed E-state index contributed by atoms with van der Waals surface area (Å²) < 4.78 is 0.970. The number of pyridine rings is 1. The lowest BCUT2D eigenvalue weighted by Gasteiger charge is -2.34. The zero-order valence-electron chi connectivity index (χ0n) is 22.5. The van der Waals surface area contributed by atoms with Crippen molar-refractivity contribution in [1.82, 2.24) is 29.7 Å². The molecule has 10 nitrogen and oxygen atoms in total. The van der Waals surface area contributed by atoms with Gasteiger partial charge in [0.05, 0.1) is 16.8 Å². The van der Waals surface area contributed by atoms with Crippen molar-refractivity contribution in [2.24, 2.45) is 0 Å². The predicted molar refractivity (Wildman–Crippen MR) is 154 cm³/mol. The van der Waals surface area contributed by atoms with E-state index in [2.05, 4.69) is 26.2 Å². The van der Waals surface area contributed by atoms with E-state index < -0.39 is 0 Å². The summed E-state index contributed by atoms with van der Waals surface area (Å²) in [6.07, 6.45) is 2.90. The molecular formula is C28H32N8O2S. The number of nitrogens with one attached hydrogen (secondary N) is 1. The zero-order chi connectivity index (χ0) is 27.3. The molecule has 2 bridgehead atoms. The normalized spacial score (nSPS) is 18.7. The van der Waals surface area contributed by atoms with Crippen LogP contribution in [-0.2, 0) is 0 Å². The van der Waals surface area contributed by atoms with Crippen molar-refractivity contribution in [3.05, 3.63) is 53.3 Å². The first-order valence-corrected chi connectivity index (χ1v) is 13.9. The van der Waals surface area contributed by atoms with Crippen molar-refractivity contribution in [3.8, 4) is 10.6 Å². The average molecular weight is 545 g/mol. The fourth-order valence-electron chi connectivity index (χ4n) is 5.59. The van der Waals surface area contributed by atoms with Crippen LogP contribution in [-0.4, -0.2) is 93.2 Å². The summed E-state index contributed by atoms with van der Waals surface area (Å²) in [6.45, 7) is 6.69. The maximum Gasteiger partial charge on any atom is 0.253 e. The Kier molecular flexibility index (Phi) is 6.66. The molecule has 6 rings (SSSR count). The summed E-state index contributed by atoms with van der Waals surface area (Å²) in [5.41, 5.74) is 4.31. The maximum absolute atomic E-state index is 12.5. The molecule has 202 valence electrons. The first-order valence-electron chi connectivity index (χ1n) is 13.1. The van der Waals surface area contributed by atoms with Gasteiger partial charge in [-0.1, -0.05) is 0 Å². The summed E-state index contributed by atoms with van der Waals surface area (Å²) in [6, 6.07) is 10.5. The highest BCUT2D eigenvalue weighted by Crippen LogP contribution is 2.35. The minimum Gasteiger partial charge on any atom is -0.395 e. The van der Waals surface area contributed by atoms with Crippen LogP contribution < -0.4 is 10.2 Å². The third-order valence-electron chi connectivity index (χ3n) is 7.35. The minimum absolute atomic E-state index is 0.0297. The van der Waals surface area contributed by atoms with Crippen LogP contribution in [0.4, 0.5) is 17.6 Å². The number of anilines is 3. The number of aliphatic hydroxyl groups excluding tert-OH is 1. The Hall–Kier alpha value is -3.67. The minimum atomic E-state index is -0.0297. The Labute approximate surface area is 231 Å². The van der Waals surface area contributed by atoms with Crippen molar-refractivity contribution in [1.29, 1.82) is 0 Å². The Morgan fingerprint density at radius 1 is 1.08 bits per heavy atom. The number of aryl methyl sites for hydroxylation is 2. The number of amides is 1. The molecule has 4 aromatic rings. The van der Waals surface area contributed by atoms with E-state index in [4.69, 9.17) is 15.0 Å². The van der Waals surface area contributed by atoms with Crippen molar-refractivity contribution in [2.75, 3.05) is 50.6 Å². The molecule has 0 spiro atoms. The Balaban J connectivity index is 1.23. The predicted octanol–water partition coefficient (Wildman–Crippen LogP) is 3.47. The molecule has 39 heavy (non-hydrogen) atoms. The summed E-state index contributed by atoms with van der Waals surface area (Å²) in [5.74, 6) is 2.06. The van der Waals surface area contributed by atoms with E-state index in [9.17, 15) is 9.90 Å². The number of hydrogen-bond acceptors (Lipinski definition) is 10. The summed E-state index contributed by atoms with van der Waals surface area (Å²) >= 11 is 1.56. The van der Waals surface area contributed by atoms with Crippen molar-refractivity contribution in [2.45, 2.75) is 32.4 Å². The Morgan fingerprint density at radius 2 is 1.92 bits per heavy atom. The molecule has 0 aliphatic carbocycles. The monoisotopic (exact) mass is 544 g/mol. The fourth-order valence-corrected chi connectivity index (χ4v) is 6.49. The molecule has 2 atom stereocenters. The molecule has 1 aromatic carbocycles. The number of likely N-dealkylation sites (tertiary alicyclic amines) is 1. The standard InChI is InChI=1S/C28H32N8O2S/c1-16-7-18(10-19(8-16)27(38)34(3)4)26-31-22-12-24(29-13-23(22)39-26)32-25-9-17(2)30-28(33-25)36-15-20-11-21(36)14-35(20)5-6-37/h7-10,12-13,20-21,37H,5-6,11,14-15H2,1-4H3,(H,29,30,32,33)/t20-,21-/m0/s1. The molecule has 2 aliphatic heterocycles. The van der Waals surface area contributed by atoms with Crippen LogP contribution in [0.3, 0.4) is 0 Å². The molecular weight excluding hydrogens is 512 g/mol. The van der Waals surface area contributed by atoms with Gasteiger partial charge in [-0.3, -0.25) is 9.69 Å². The quantitative estimate of drug-likeness (QED) is 0.361. The number of carbonyl (C=O) groups excluding carboxylic acids is 1. The average Bonchev–Trinajstić information content (AvgIpc) is 3.62. The molecule has 1 amide bonds. The Morgan fingerprint density at radius 3 is 2.67 bits per heavy atom. The van der Waals surface area contributed by atoms with Gasteiger partial charge in [-0.25, -0.2) is 15.0 Å². The van der Waals surface area contributed by atoms with Gasteiger partial charge in [-0.2, -0.15) is 4.98 Å². The molecule has 5 heterocycles. The highest BCUT2D eigenvalue weighted by molar-refractivity contribution is 7.21. The summed E-state index contributed by atoms with van der Waals surface area (Å²) in [4.78, 5) is 37.8. The highest BCUT2D eigenvalue weighted by atomic mass is 32.1. The molecule has 0 unspecified atom stereocenters. The van der Waals surface area contributed by atoms with Crippen LogP contribution >= 0.6 is 11.3 Å². The number of thiazole rings is 1. The molecule has 0 saturated carbocycles. The summed E-state index contributed by atoms with van der Waals surface area (Å²) in [5, 5.41) is 13.5. The smallest absolute Gasteiger partial charge is 0.253 e.